The van der Waals surface area contributed by atoms with Crippen LogP contribution in [0.5, 0.6) is 5.75 Å². The summed E-state index contributed by atoms with van der Waals surface area (Å²) in [7, 11) is 0. The number of halogens is 4. The third kappa shape index (κ3) is 4.35. The summed E-state index contributed by atoms with van der Waals surface area (Å²) in [6.07, 6.45) is -2.52. The van der Waals surface area contributed by atoms with E-state index in [0.29, 0.717) is 24.4 Å². The Kier molecular flexibility index (Phi) is 5.04. The maximum atomic E-state index is 13.4. The highest BCUT2D eigenvalue weighted by Gasteiger charge is 2.42. The molecule has 164 valence electrons. The first-order valence-corrected chi connectivity index (χ1v) is 10.5. The zero-order valence-electron chi connectivity index (χ0n) is 16.8. The van der Waals surface area contributed by atoms with E-state index in [9.17, 15) is 17.6 Å². The molecule has 1 aliphatic carbocycles. The van der Waals surface area contributed by atoms with Crippen molar-refractivity contribution in [3.05, 3.63) is 60.0 Å². The predicted molar refractivity (Wildman–Crippen MR) is 110 cm³/mol. The molecule has 2 N–H and O–H groups in total. The van der Waals surface area contributed by atoms with Gasteiger partial charge in [-0.2, -0.15) is 0 Å². The summed E-state index contributed by atoms with van der Waals surface area (Å²) >= 11 is 0. The molecule has 2 aromatic carbocycles. The quantitative estimate of drug-likeness (QED) is 0.543. The fourth-order valence-electron chi connectivity index (χ4n) is 5.11. The van der Waals surface area contributed by atoms with Gasteiger partial charge in [0.2, 0.25) is 0 Å². The van der Waals surface area contributed by atoms with Crippen molar-refractivity contribution in [2.75, 3.05) is 18.0 Å². The van der Waals surface area contributed by atoms with E-state index in [1.165, 1.54) is 24.3 Å². The van der Waals surface area contributed by atoms with Gasteiger partial charge in [-0.15, -0.1) is 13.2 Å². The van der Waals surface area contributed by atoms with E-state index < -0.39 is 6.36 Å². The lowest BCUT2D eigenvalue weighted by Crippen LogP contribution is -2.35. The number of hydrogen-bond donors (Lipinski definition) is 2. The molecule has 4 nitrogen and oxygen atoms in total. The summed E-state index contributed by atoms with van der Waals surface area (Å²) in [5, 5.41) is 4.49. The first-order valence-electron chi connectivity index (χ1n) is 10.5. The van der Waals surface area contributed by atoms with Gasteiger partial charge in [0.1, 0.15) is 11.6 Å². The summed E-state index contributed by atoms with van der Waals surface area (Å²) in [4.78, 5) is 5.47. The normalized spacial score (nSPS) is 23.5. The number of hydrogen-bond acceptors (Lipinski definition) is 3. The zero-order chi connectivity index (χ0) is 21.6. The van der Waals surface area contributed by atoms with E-state index >= 15 is 0 Å². The molecule has 2 heterocycles. The third-order valence-corrected chi connectivity index (χ3v) is 6.47. The maximum Gasteiger partial charge on any atom is 0.573 e. The van der Waals surface area contributed by atoms with E-state index in [1.807, 2.05) is 12.1 Å². The number of aromatic nitrogens is 1. The molecular weight excluding hydrogens is 410 g/mol. The molecule has 1 aromatic heterocycles. The van der Waals surface area contributed by atoms with Crippen molar-refractivity contribution in [2.45, 2.75) is 31.8 Å². The average molecular weight is 433 g/mol. The Labute approximate surface area is 177 Å². The number of fused-ring (bicyclic) bond motifs is 2. The summed E-state index contributed by atoms with van der Waals surface area (Å²) in [6, 6.07) is 13.2. The summed E-state index contributed by atoms with van der Waals surface area (Å²) in [5.41, 5.74) is 2.68. The molecule has 31 heavy (non-hydrogen) atoms. The number of H-pyrrole nitrogens is 1. The first-order chi connectivity index (χ1) is 14.8. The van der Waals surface area contributed by atoms with Gasteiger partial charge < -0.3 is 19.9 Å². The van der Waals surface area contributed by atoms with Crippen molar-refractivity contribution in [2.24, 2.45) is 11.8 Å². The van der Waals surface area contributed by atoms with Gasteiger partial charge >= 0.3 is 6.36 Å². The Morgan fingerprint density at radius 1 is 1.06 bits per heavy atom. The summed E-state index contributed by atoms with van der Waals surface area (Å²) in [5.74, 6) is 0.517. The van der Waals surface area contributed by atoms with Crippen LogP contribution in [-0.4, -0.2) is 30.5 Å². The number of aromatic amines is 1. The summed E-state index contributed by atoms with van der Waals surface area (Å²) in [6.45, 7) is 2.30. The number of ether oxygens (including phenoxy) is 1. The van der Waals surface area contributed by atoms with E-state index in [1.54, 1.807) is 12.1 Å². The molecule has 1 saturated carbocycles. The molecule has 0 amide bonds. The van der Waals surface area contributed by atoms with Crippen LogP contribution >= 0.6 is 0 Å². The predicted octanol–water partition coefficient (Wildman–Crippen LogP) is 5.21. The molecule has 5 rings (SSSR count). The number of nitrogens with one attached hydrogen (secondary N) is 2. The zero-order valence-corrected chi connectivity index (χ0v) is 16.8. The number of benzene rings is 2. The Morgan fingerprint density at radius 3 is 2.77 bits per heavy atom. The van der Waals surface area contributed by atoms with Gasteiger partial charge in [0, 0.05) is 54.0 Å². The Bertz CT molecular complexity index is 1080. The monoisotopic (exact) mass is 433 g/mol. The minimum Gasteiger partial charge on any atom is -0.406 e. The van der Waals surface area contributed by atoms with Crippen LogP contribution in [0.15, 0.2) is 48.5 Å². The molecule has 0 unspecified atom stereocenters. The highest BCUT2D eigenvalue weighted by atomic mass is 19.4. The average Bonchev–Trinajstić information content (AvgIpc) is 3.39. The molecule has 3 aromatic rings. The van der Waals surface area contributed by atoms with Gasteiger partial charge in [0.25, 0.3) is 0 Å². The molecule has 1 aliphatic heterocycles. The fraction of sp³-hybridized carbons (Fsp3) is 0.391. The number of alkyl halides is 3. The highest BCUT2D eigenvalue weighted by molar-refractivity contribution is 5.80. The molecule has 2 aliphatic rings. The lowest BCUT2D eigenvalue weighted by molar-refractivity contribution is -0.274. The molecule has 0 radical (unpaired) electrons. The van der Waals surface area contributed by atoms with Gasteiger partial charge in [-0.05, 0) is 61.1 Å². The van der Waals surface area contributed by atoms with Crippen molar-refractivity contribution in [1.82, 2.24) is 10.3 Å². The lowest BCUT2D eigenvalue weighted by atomic mass is 9.98. The maximum absolute atomic E-state index is 13.4. The van der Waals surface area contributed by atoms with Crippen LogP contribution in [0.1, 0.15) is 18.5 Å². The van der Waals surface area contributed by atoms with Crippen molar-refractivity contribution in [1.29, 1.82) is 0 Å². The number of rotatable bonds is 5. The van der Waals surface area contributed by atoms with Crippen molar-refractivity contribution in [3.8, 4) is 5.75 Å². The standard InChI is InChI=1S/C23H23F4N3O/c24-16-5-7-21-15(8-16)9-17(29-21)11-28-22-6-4-14-12-30(13-20(14)22)18-2-1-3-19(10-18)31-23(25,26)27/h1-3,5,7-10,14,20,22,28-29H,4,6,11-13H2/t14-,20+,22+/m1/s1. The second kappa shape index (κ2) is 7.75. The Morgan fingerprint density at radius 2 is 1.94 bits per heavy atom. The highest BCUT2D eigenvalue weighted by Crippen LogP contribution is 2.41. The topological polar surface area (TPSA) is 40.3 Å². The van der Waals surface area contributed by atoms with Crippen LogP contribution < -0.4 is 15.0 Å². The van der Waals surface area contributed by atoms with Crippen LogP contribution in [-0.2, 0) is 6.54 Å². The Balaban J connectivity index is 1.23. The molecule has 3 atom stereocenters. The van der Waals surface area contributed by atoms with Crippen LogP contribution in [0.25, 0.3) is 10.9 Å². The van der Waals surface area contributed by atoms with Crippen LogP contribution in [0, 0.1) is 17.7 Å². The van der Waals surface area contributed by atoms with Crippen LogP contribution in [0.3, 0.4) is 0 Å². The lowest BCUT2D eigenvalue weighted by Gasteiger charge is -2.23. The van der Waals surface area contributed by atoms with Crippen molar-refractivity contribution in [3.63, 3.8) is 0 Å². The Hall–Kier alpha value is -2.74. The van der Waals surface area contributed by atoms with Gasteiger partial charge in [0.15, 0.2) is 0 Å². The van der Waals surface area contributed by atoms with Gasteiger partial charge in [-0.1, -0.05) is 6.07 Å². The molecular formula is C23H23F4N3O. The fourth-order valence-corrected chi connectivity index (χ4v) is 5.11. The molecule has 0 spiro atoms. The largest absolute Gasteiger partial charge is 0.573 e. The second-order valence-corrected chi connectivity index (χ2v) is 8.46. The second-order valence-electron chi connectivity index (χ2n) is 8.46. The van der Waals surface area contributed by atoms with E-state index in [2.05, 4.69) is 19.9 Å². The van der Waals surface area contributed by atoms with Gasteiger partial charge in [-0.3, -0.25) is 0 Å². The van der Waals surface area contributed by atoms with Crippen molar-refractivity contribution < 1.29 is 22.3 Å². The van der Waals surface area contributed by atoms with Crippen LogP contribution in [0.4, 0.5) is 23.2 Å². The van der Waals surface area contributed by atoms with E-state index in [4.69, 9.17) is 0 Å². The molecule has 8 heteroatoms. The number of nitrogens with zero attached hydrogens (tertiary/aromatic N) is 1. The van der Waals surface area contributed by atoms with Crippen LogP contribution in [0.2, 0.25) is 0 Å². The number of anilines is 1. The van der Waals surface area contributed by atoms with E-state index in [-0.39, 0.29) is 11.6 Å². The molecule has 1 saturated heterocycles. The van der Waals surface area contributed by atoms with Gasteiger partial charge in [-0.25, -0.2) is 4.39 Å². The van der Waals surface area contributed by atoms with E-state index in [0.717, 1.165) is 48.2 Å². The third-order valence-electron chi connectivity index (χ3n) is 6.47. The SMILES string of the molecule is Fc1ccc2[nH]c(CN[C@H]3CC[C@@H]4CN(c5cccc(OC(F)(F)F)c5)C[C@@H]43)cc2c1. The first kappa shape index (κ1) is 20.2. The molecule has 0 bridgehead atoms. The smallest absolute Gasteiger partial charge is 0.406 e. The minimum atomic E-state index is -4.69. The summed E-state index contributed by atoms with van der Waals surface area (Å²) < 4.78 is 55.1. The van der Waals surface area contributed by atoms with Gasteiger partial charge in [0.05, 0.1) is 0 Å². The van der Waals surface area contributed by atoms with Crippen molar-refractivity contribution >= 4 is 16.6 Å². The minimum absolute atomic E-state index is 0.188. The molecule has 2 fully saturated rings.